The lowest BCUT2D eigenvalue weighted by Gasteiger charge is -2.11. The van der Waals surface area contributed by atoms with Crippen molar-refractivity contribution in [2.45, 2.75) is 38.5 Å². The van der Waals surface area contributed by atoms with Crippen molar-refractivity contribution < 1.29 is 9.30 Å². The Kier molecular flexibility index (Phi) is 3.04. The maximum Gasteiger partial charge on any atom is 0.257 e. The summed E-state index contributed by atoms with van der Waals surface area (Å²) in [6.07, 6.45) is 6.43. The topological polar surface area (TPSA) is 21.3 Å². The van der Waals surface area contributed by atoms with Crippen molar-refractivity contribution in [2.24, 2.45) is 0 Å². The lowest BCUT2D eigenvalue weighted by molar-refractivity contribution is -0.705. The predicted octanol–water partition coefficient (Wildman–Crippen LogP) is 2.83. The van der Waals surface area contributed by atoms with Crippen LogP contribution in [0.15, 0.2) is 30.5 Å². The standard InChI is InChI=1S/C16H18ClN2O/c17-13-6-4-12(5-7-13)15-10-18(9-14-11-20-14)16-3-1-2-8-19(15)16/h4-7,10,14H,1-3,8-9,11H2/q+1. The van der Waals surface area contributed by atoms with Crippen LogP contribution in [-0.4, -0.2) is 17.3 Å². The normalized spacial score (nSPS) is 20.8. The van der Waals surface area contributed by atoms with Crippen LogP contribution in [0.5, 0.6) is 0 Å². The van der Waals surface area contributed by atoms with Gasteiger partial charge in [0, 0.05) is 17.0 Å². The first kappa shape index (κ1) is 12.4. The molecule has 4 rings (SSSR count). The van der Waals surface area contributed by atoms with Crippen molar-refractivity contribution in [1.82, 2.24) is 4.57 Å². The quantitative estimate of drug-likeness (QED) is 0.629. The van der Waals surface area contributed by atoms with Gasteiger partial charge in [-0.2, -0.15) is 0 Å². The van der Waals surface area contributed by atoms with Crippen LogP contribution in [-0.2, 0) is 24.2 Å². The Labute approximate surface area is 123 Å². The van der Waals surface area contributed by atoms with Crippen molar-refractivity contribution in [3.05, 3.63) is 41.3 Å². The SMILES string of the molecule is Clc1ccc(-c2c[n+](CC3CO3)c3n2CCCC3)cc1. The van der Waals surface area contributed by atoms with Crippen LogP contribution >= 0.6 is 11.6 Å². The van der Waals surface area contributed by atoms with Gasteiger partial charge in [-0.15, -0.1) is 0 Å². The summed E-state index contributed by atoms with van der Waals surface area (Å²) in [4.78, 5) is 0. The molecular weight excluding hydrogens is 272 g/mol. The molecule has 1 unspecified atom stereocenters. The van der Waals surface area contributed by atoms with Gasteiger partial charge in [-0.05, 0) is 37.1 Å². The fourth-order valence-electron chi connectivity index (χ4n) is 3.07. The molecule has 104 valence electrons. The monoisotopic (exact) mass is 289 g/mol. The van der Waals surface area contributed by atoms with E-state index in [1.807, 2.05) is 12.1 Å². The zero-order chi connectivity index (χ0) is 13.5. The van der Waals surface area contributed by atoms with E-state index in [4.69, 9.17) is 16.3 Å². The minimum Gasteiger partial charge on any atom is -0.369 e. The summed E-state index contributed by atoms with van der Waals surface area (Å²) in [6.45, 7) is 3.02. The Bertz CT molecular complexity index is 629. The van der Waals surface area contributed by atoms with Crippen molar-refractivity contribution in [1.29, 1.82) is 0 Å². The number of hydrogen-bond donors (Lipinski definition) is 0. The van der Waals surface area contributed by atoms with E-state index in [1.54, 1.807) is 0 Å². The van der Waals surface area contributed by atoms with Gasteiger partial charge in [0.2, 0.25) is 0 Å². The number of fused-ring (bicyclic) bond motifs is 1. The number of aromatic nitrogens is 2. The molecule has 1 atom stereocenters. The molecule has 0 aliphatic carbocycles. The Balaban J connectivity index is 1.77. The molecule has 1 aromatic carbocycles. The molecule has 20 heavy (non-hydrogen) atoms. The Morgan fingerprint density at radius 3 is 2.80 bits per heavy atom. The number of rotatable bonds is 3. The summed E-state index contributed by atoms with van der Waals surface area (Å²) in [7, 11) is 0. The molecule has 0 N–H and O–H groups in total. The minimum atomic E-state index is 0.423. The number of benzene rings is 1. The number of halogens is 1. The minimum absolute atomic E-state index is 0.423. The van der Waals surface area contributed by atoms with Gasteiger partial charge in [0.1, 0.15) is 18.8 Å². The molecule has 0 bridgehead atoms. The second kappa shape index (κ2) is 4.90. The smallest absolute Gasteiger partial charge is 0.257 e. The second-order valence-corrected chi connectivity index (χ2v) is 6.09. The molecule has 1 saturated heterocycles. The van der Waals surface area contributed by atoms with Gasteiger partial charge in [0.05, 0.1) is 13.2 Å². The molecule has 3 heterocycles. The van der Waals surface area contributed by atoms with Gasteiger partial charge in [-0.3, -0.25) is 0 Å². The fourth-order valence-corrected chi connectivity index (χ4v) is 3.19. The first-order valence-corrected chi connectivity index (χ1v) is 7.68. The number of epoxide rings is 1. The summed E-state index contributed by atoms with van der Waals surface area (Å²) in [6, 6.07) is 8.15. The lowest BCUT2D eigenvalue weighted by atomic mass is 10.1. The van der Waals surface area contributed by atoms with Gasteiger partial charge in [-0.1, -0.05) is 11.6 Å². The molecule has 0 spiro atoms. The average Bonchev–Trinajstić information content (AvgIpc) is 3.22. The first-order chi connectivity index (χ1) is 9.81. The third-order valence-corrected chi connectivity index (χ3v) is 4.44. The summed E-state index contributed by atoms with van der Waals surface area (Å²) >= 11 is 6.00. The maximum absolute atomic E-state index is 6.00. The molecule has 2 aromatic rings. The highest BCUT2D eigenvalue weighted by Crippen LogP contribution is 2.26. The first-order valence-electron chi connectivity index (χ1n) is 7.30. The molecule has 3 nitrogen and oxygen atoms in total. The van der Waals surface area contributed by atoms with Gasteiger partial charge < -0.3 is 4.74 Å². The van der Waals surface area contributed by atoms with Crippen molar-refractivity contribution in [3.8, 4) is 11.3 Å². The van der Waals surface area contributed by atoms with Gasteiger partial charge in [0.15, 0.2) is 5.69 Å². The molecule has 2 aliphatic heterocycles. The second-order valence-electron chi connectivity index (χ2n) is 5.65. The Morgan fingerprint density at radius 1 is 1.25 bits per heavy atom. The van der Waals surface area contributed by atoms with Gasteiger partial charge in [-0.25, -0.2) is 9.13 Å². The highest BCUT2D eigenvalue weighted by molar-refractivity contribution is 6.30. The summed E-state index contributed by atoms with van der Waals surface area (Å²) in [5.74, 6) is 1.44. The van der Waals surface area contributed by atoms with Crippen molar-refractivity contribution >= 4 is 11.6 Å². The van der Waals surface area contributed by atoms with E-state index in [0.29, 0.717) is 6.10 Å². The molecule has 2 aliphatic rings. The van der Waals surface area contributed by atoms with Gasteiger partial charge >= 0.3 is 0 Å². The van der Waals surface area contributed by atoms with Crippen LogP contribution in [0.1, 0.15) is 18.7 Å². The Morgan fingerprint density at radius 2 is 2.05 bits per heavy atom. The van der Waals surface area contributed by atoms with E-state index in [0.717, 1.165) is 24.7 Å². The maximum atomic E-state index is 6.00. The fraction of sp³-hybridized carbons (Fsp3) is 0.438. The van der Waals surface area contributed by atoms with Crippen LogP contribution in [0.3, 0.4) is 0 Å². The summed E-state index contributed by atoms with van der Waals surface area (Å²) in [5, 5.41) is 0.790. The summed E-state index contributed by atoms with van der Waals surface area (Å²) < 4.78 is 10.2. The molecule has 0 saturated carbocycles. The van der Waals surface area contributed by atoms with Crippen molar-refractivity contribution in [2.75, 3.05) is 6.61 Å². The molecule has 1 aromatic heterocycles. The molecule has 1 fully saturated rings. The zero-order valence-electron chi connectivity index (χ0n) is 11.4. The zero-order valence-corrected chi connectivity index (χ0v) is 12.1. The summed E-state index contributed by atoms with van der Waals surface area (Å²) in [5.41, 5.74) is 2.55. The van der Waals surface area contributed by atoms with Crippen LogP contribution < -0.4 is 4.57 Å². The lowest BCUT2D eigenvalue weighted by Crippen LogP contribution is -2.40. The van der Waals surface area contributed by atoms with Crippen LogP contribution in [0.4, 0.5) is 0 Å². The van der Waals surface area contributed by atoms with Crippen LogP contribution in [0, 0.1) is 0 Å². The molecule has 0 radical (unpaired) electrons. The highest BCUT2D eigenvalue weighted by Gasteiger charge is 2.32. The van der Waals surface area contributed by atoms with E-state index in [1.165, 1.54) is 36.3 Å². The number of hydrogen-bond acceptors (Lipinski definition) is 1. The third-order valence-electron chi connectivity index (χ3n) is 4.19. The third kappa shape index (κ3) is 2.25. The van der Waals surface area contributed by atoms with Crippen LogP contribution in [0.25, 0.3) is 11.3 Å². The van der Waals surface area contributed by atoms with E-state index in [2.05, 4.69) is 27.5 Å². The predicted molar refractivity (Wildman–Crippen MR) is 77.8 cm³/mol. The van der Waals surface area contributed by atoms with Crippen molar-refractivity contribution in [3.63, 3.8) is 0 Å². The molecule has 4 heteroatoms. The Hall–Kier alpha value is -1.32. The number of ether oxygens (including phenoxy) is 1. The van der Waals surface area contributed by atoms with Crippen LogP contribution in [0.2, 0.25) is 5.02 Å². The number of imidazole rings is 1. The van der Waals surface area contributed by atoms with E-state index in [-0.39, 0.29) is 0 Å². The molecule has 0 amide bonds. The number of nitrogens with zero attached hydrogens (tertiary/aromatic N) is 2. The molecular formula is C16H18ClN2O+. The average molecular weight is 290 g/mol. The van der Waals surface area contributed by atoms with Gasteiger partial charge in [0.25, 0.3) is 5.82 Å². The highest BCUT2D eigenvalue weighted by atomic mass is 35.5. The largest absolute Gasteiger partial charge is 0.369 e. The van der Waals surface area contributed by atoms with E-state index < -0.39 is 0 Å². The van der Waals surface area contributed by atoms with E-state index >= 15 is 0 Å². The van der Waals surface area contributed by atoms with E-state index in [9.17, 15) is 0 Å².